The number of nitrogens with zero attached hydrogens (tertiary/aromatic N) is 1. The van der Waals surface area contributed by atoms with Crippen molar-refractivity contribution >= 4 is 40.5 Å². The van der Waals surface area contributed by atoms with Gasteiger partial charge in [0.25, 0.3) is 0 Å². The van der Waals surface area contributed by atoms with Crippen LogP contribution in [0.25, 0.3) is 0 Å². The largest absolute Gasteiger partial charge is 0.328 e. The van der Waals surface area contributed by atoms with Crippen LogP contribution in [0.3, 0.4) is 0 Å². The maximum atomic E-state index is 12.9. The molecule has 1 aliphatic rings. The topological polar surface area (TPSA) is 74.3 Å². The van der Waals surface area contributed by atoms with E-state index in [9.17, 15) is 9.59 Å². The average molecular weight is 412 g/mol. The molecule has 140 valence electrons. The number of nitrogens with one attached hydrogen (secondary N) is 2. The first-order valence-corrected chi connectivity index (χ1v) is 9.38. The molecule has 1 amide bonds. The third-order valence-corrected chi connectivity index (χ3v) is 5.11. The smallest absolute Gasteiger partial charge is 0.249 e. The number of fused-ring (bicyclic) bond motifs is 1. The number of hydrogen-bond acceptors (Lipinski definition) is 3. The van der Waals surface area contributed by atoms with E-state index in [0.29, 0.717) is 39.0 Å². The summed E-state index contributed by atoms with van der Waals surface area (Å²) in [7, 11) is 0. The van der Waals surface area contributed by atoms with Crippen molar-refractivity contribution in [1.82, 2.24) is 4.98 Å². The summed E-state index contributed by atoms with van der Waals surface area (Å²) in [6.07, 6.45) is 1.92. The molecule has 0 bridgehead atoms. The molecule has 0 radical (unpaired) electrons. The van der Waals surface area contributed by atoms with E-state index in [-0.39, 0.29) is 11.5 Å². The average Bonchev–Trinajstić information content (AvgIpc) is 2.81. The van der Waals surface area contributed by atoms with Gasteiger partial charge in [-0.3, -0.25) is 14.6 Å². The first-order chi connectivity index (χ1) is 13.5. The zero-order valence-electron chi connectivity index (χ0n) is 14.6. The molecule has 7 heteroatoms. The zero-order chi connectivity index (χ0) is 19.7. The van der Waals surface area contributed by atoms with Gasteiger partial charge in [-0.05, 0) is 35.9 Å². The minimum Gasteiger partial charge on any atom is -0.328 e. The standard InChI is InChI=1S/C21H15Cl2N3O2/c22-14-6-7-17-15(10-14)20(13-5-8-19(27)24-11-13)25-18(21(28)26-17)9-12-3-1-2-4-16(12)23/h1-8,10-11,18H,9H2,(H,24,27)(H,26,28). The van der Waals surface area contributed by atoms with Gasteiger partial charge in [0, 0.05) is 39.9 Å². The number of rotatable bonds is 3. The van der Waals surface area contributed by atoms with Crippen LogP contribution in [-0.4, -0.2) is 22.6 Å². The fraction of sp³-hybridized carbons (Fsp3) is 0.0952. The SMILES string of the molecule is O=C1Nc2ccc(Cl)cc2C(c2ccc(=O)[nH]c2)=NC1Cc1ccccc1Cl. The lowest BCUT2D eigenvalue weighted by Gasteiger charge is -2.12. The van der Waals surface area contributed by atoms with Crippen LogP contribution in [0.1, 0.15) is 16.7 Å². The molecule has 1 aliphatic heterocycles. The summed E-state index contributed by atoms with van der Waals surface area (Å²) >= 11 is 12.5. The molecule has 0 saturated carbocycles. The van der Waals surface area contributed by atoms with Gasteiger partial charge in [0.05, 0.1) is 11.4 Å². The number of benzodiazepines with no additional fused rings is 1. The highest BCUT2D eigenvalue weighted by atomic mass is 35.5. The molecule has 5 nitrogen and oxygen atoms in total. The van der Waals surface area contributed by atoms with E-state index in [1.165, 1.54) is 6.07 Å². The first-order valence-electron chi connectivity index (χ1n) is 8.62. The number of pyridine rings is 1. The van der Waals surface area contributed by atoms with Gasteiger partial charge in [0.1, 0.15) is 6.04 Å². The molecular formula is C21H15Cl2N3O2. The quantitative estimate of drug-likeness (QED) is 0.680. The Labute approximate surface area is 171 Å². The number of aromatic amines is 1. The van der Waals surface area contributed by atoms with Crippen LogP contribution in [0.4, 0.5) is 5.69 Å². The number of anilines is 1. The molecule has 3 aromatic rings. The predicted octanol–water partition coefficient (Wildman–Crippen LogP) is 4.08. The number of hydrogen-bond donors (Lipinski definition) is 2. The van der Waals surface area contributed by atoms with Gasteiger partial charge in [-0.15, -0.1) is 0 Å². The van der Waals surface area contributed by atoms with E-state index in [1.807, 2.05) is 18.2 Å². The van der Waals surface area contributed by atoms with Crippen LogP contribution in [0, 0.1) is 0 Å². The Morgan fingerprint density at radius 1 is 1.00 bits per heavy atom. The summed E-state index contributed by atoms with van der Waals surface area (Å²) < 4.78 is 0. The first kappa shape index (κ1) is 18.5. The number of H-pyrrole nitrogens is 1. The number of carbonyl (C=O) groups is 1. The Bertz CT molecular complexity index is 1130. The molecule has 2 aromatic carbocycles. The lowest BCUT2D eigenvalue weighted by Crippen LogP contribution is -2.27. The van der Waals surface area contributed by atoms with Crippen molar-refractivity contribution in [3.63, 3.8) is 0 Å². The van der Waals surface area contributed by atoms with Crippen molar-refractivity contribution in [2.45, 2.75) is 12.5 Å². The summed E-state index contributed by atoms with van der Waals surface area (Å²) in [5.74, 6) is -0.233. The van der Waals surface area contributed by atoms with Crippen molar-refractivity contribution in [1.29, 1.82) is 0 Å². The van der Waals surface area contributed by atoms with Crippen LogP contribution in [0.2, 0.25) is 10.0 Å². The van der Waals surface area contributed by atoms with Crippen molar-refractivity contribution in [3.8, 4) is 0 Å². The zero-order valence-corrected chi connectivity index (χ0v) is 16.1. The highest BCUT2D eigenvalue weighted by Gasteiger charge is 2.27. The lowest BCUT2D eigenvalue weighted by atomic mass is 10.0. The van der Waals surface area contributed by atoms with Crippen LogP contribution in [-0.2, 0) is 11.2 Å². The van der Waals surface area contributed by atoms with Crippen molar-refractivity contribution in [2.24, 2.45) is 4.99 Å². The summed E-state index contributed by atoms with van der Waals surface area (Å²) in [5, 5.41) is 4.03. The van der Waals surface area contributed by atoms with Crippen LogP contribution in [0.15, 0.2) is 70.6 Å². The molecule has 0 spiro atoms. The van der Waals surface area contributed by atoms with E-state index >= 15 is 0 Å². The Kier molecular flexibility index (Phi) is 5.03. The second-order valence-corrected chi connectivity index (χ2v) is 7.25. The maximum Gasteiger partial charge on any atom is 0.249 e. The summed E-state index contributed by atoms with van der Waals surface area (Å²) in [6.45, 7) is 0. The molecule has 2 heterocycles. The van der Waals surface area contributed by atoms with Gasteiger partial charge in [0.2, 0.25) is 11.5 Å². The van der Waals surface area contributed by atoms with Gasteiger partial charge in [-0.1, -0.05) is 41.4 Å². The number of halogens is 2. The number of aromatic nitrogens is 1. The van der Waals surface area contributed by atoms with E-state index in [2.05, 4.69) is 10.3 Å². The van der Waals surface area contributed by atoms with Crippen molar-refractivity contribution < 1.29 is 4.79 Å². The van der Waals surface area contributed by atoms with E-state index in [4.69, 9.17) is 28.2 Å². The summed E-state index contributed by atoms with van der Waals surface area (Å²) in [4.78, 5) is 31.7. The molecular weight excluding hydrogens is 397 g/mol. The molecule has 28 heavy (non-hydrogen) atoms. The second kappa shape index (κ2) is 7.62. The number of benzene rings is 2. The lowest BCUT2D eigenvalue weighted by molar-refractivity contribution is -0.117. The number of carbonyl (C=O) groups excluding carboxylic acids is 1. The van der Waals surface area contributed by atoms with Crippen LogP contribution < -0.4 is 10.9 Å². The van der Waals surface area contributed by atoms with Gasteiger partial charge in [0.15, 0.2) is 0 Å². The Hall–Kier alpha value is -2.89. The fourth-order valence-electron chi connectivity index (χ4n) is 3.12. The monoisotopic (exact) mass is 411 g/mol. The van der Waals surface area contributed by atoms with E-state index in [1.54, 1.807) is 36.5 Å². The molecule has 1 aromatic heterocycles. The third kappa shape index (κ3) is 3.72. The fourth-order valence-corrected chi connectivity index (χ4v) is 3.50. The Morgan fingerprint density at radius 3 is 2.57 bits per heavy atom. The van der Waals surface area contributed by atoms with E-state index in [0.717, 1.165) is 5.56 Å². The Balaban J connectivity index is 1.85. The summed E-state index contributed by atoms with van der Waals surface area (Å²) in [5.41, 5.74) is 3.17. The predicted molar refractivity (Wildman–Crippen MR) is 112 cm³/mol. The maximum absolute atomic E-state index is 12.9. The molecule has 0 saturated heterocycles. The number of amides is 1. The highest BCUT2D eigenvalue weighted by Crippen LogP contribution is 2.28. The third-order valence-electron chi connectivity index (χ3n) is 4.51. The normalized spacial score (nSPS) is 16.0. The van der Waals surface area contributed by atoms with Gasteiger partial charge >= 0.3 is 0 Å². The van der Waals surface area contributed by atoms with Crippen molar-refractivity contribution in [3.05, 3.63) is 97.9 Å². The second-order valence-electron chi connectivity index (χ2n) is 6.41. The molecule has 1 unspecified atom stereocenters. The highest BCUT2D eigenvalue weighted by molar-refractivity contribution is 6.32. The molecule has 2 N–H and O–H groups in total. The van der Waals surface area contributed by atoms with Crippen LogP contribution in [0.5, 0.6) is 0 Å². The summed E-state index contributed by atoms with van der Waals surface area (Å²) in [6, 6.07) is 15.0. The molecule has 4 rings (SSSR count). The van der Waals surface area contributed by atoms with Gasteiger partial charge in [-0.2, -0.15) is 0 Å². The van der Waals surface area contributed by atoms with E-state index < -0.39 is 6.04 Å². The van der Waals surface area contributed by atoms with Gasteiger partial charge < -0.3 is 10.3 Å². The molecule has 0 fully saturated rings. The minimum atomic E-state index is -0.687. The molecule has 0 aliphatic carbocycles. The minimum absolute atomic E-state index is 0.217. The van der Waals surface area contributed by atoms with Gasteiger partial charge in [-0.25, -0.2) is 0 Å². The van der Waals surface area contributed by atoms with Crippen molar-refractivity contribution in [2.75, 3.05) is 5.32 Å². The van der Waals surface area contributed by atoms with Crippen LogP contribution >= 0.6 is 23.2 Å². The molecule has 1 atom stereocenters. The Morgan fingerprint density at radius 2 is 1.82 bits per heavy atom. The number of aliphatic imine (C=N–C) groups is 1.